The number of anilines is 1. The van der Waals surface area contributed by atoms with Crippen LogP contribution in [0.3, 0.4) is 0 Å². The lowest BCUT2D eigenvalue weighted by atomic mass is 9.75. The van der Waals surface area contributed by atoms with Gasteiger partial charge >= 0.3 is 5.97 Å². The molecule has 0 amide bonds. The van der Waals surface area contributed by atoms with E-state index < -0.39 is 5.97 Å². The van der Waals surface area contributed by atoms with Crippen LogP contribution < -0.4 is 4.90 Å². The third-order valence-electron chi connectivity index (χ3n) is 4.09. The predicted octanol–water partition coefficient (Wildman–Crippen LogP) is 3.04. The van der Waals surface area contributed by atoms with Gasteiger partial charge in [0.15, 0.2) is 0 Å². The molecule has 0 unspecified atom stereocenters. The molecule has 1 aliphatic heterocycles. The Labute approximate surface area is 114 Å². The molecule has 0 atom stereocenters. The van der Waals surface area contributed by atoms with E-state index in [-0.39, 0.29) is 0 Å². The van der Waals surface area contributed by atoms with Crippen molar-refractivity contribution >= 4 is 11.7 Å². The van der Waals surface area contributed by atoms with E-state index in [1.54, 1.807) is 12.3 Å². The summed E-state index contributed by atoms with van der Waals surface area (Å²) in [6.45, 7) is 8.65. The Bertz CT molecular complexity index is 457. The molecule has 1 aromatic heterocycles. The summed E-state index contributed by atoms with van der Waals surface area (Å²) in [4.78, 5) is 17.5. The number of carboxylic acid groups (broad SMARTS) is 1. The first-order chi connectivity index (χ1) is 8.89. The number of nitrogens with zero attached hydrogens (tertiary/aromatic N) is 2. The predicted molar refractivity (Wildman–Crippen MR) is 75.6 cm³/mol. The monoisotopic (exact) mass is 262 g/mol. The van der Waals surface area contributed by atoms with Crippen molar-refractivity contribution in [2.45, 2.75) is 33.6 Å². The molecule has 0 aliphatic carbocycles. The van der Waals surface area contributed by atoms with Gasteiger partial charge in [-0.3, -0.25) is 4.98 Å². The van der Waals surface area contributed by atoms with E-state index in [0.717, 1.165) is 31.6 Å². The summed E-state index contributed by atoms with van der Waals surface area (Å²) in [5.41, 5.74) is 1.43. The second-order valence-electron chi connectivity index (χ2n) is 6.33. The highest BCUT2D eigenvalue weighted by atomic mass is 16.4. The minimum Gasteiger partial charge on any atom is -0.478 e. The molecule has 4 heteroatoms. The zero-order valence-corrected chi connectivity index (χ0v) is 11.9. The molecule has 0 aromatic carbocycles. The van der Waals surface area contributed by atoms with Crippen LogP contribution >= 0.6 is 0 Å². The van der Waals surface area contributed by atoms with Gasteiger partial charge in [-0.25, -0.2) is 4.79 Å². The zero-order valence-electron chi connectivity index (χ0n) is 11.9. The summed E-state index contributed by atoms with van der Waals surface area (Å²) >= 11 is 0. The molecule has 2 rings (SSSR count). The van der Waals surface area contributed by atoms with Gasteiger partial charge in [0.25, 0.3) is 0 Å². The molecule has 0 radical (unpaired) electrons. The summed E-state index contributed by atoms with van der Waals surface area (Å²) < 4.78 is 0. The number of hydrogen-bond donors (Lipinski definition) is 1. The third kappa shape index (κ3) is 3.06. The fourth-order valence-electron chi connectivity index (χ4n) is 2.81. The van der Waals surface area contributed by atoms with Crippen LogP contribution in [0.15, 0.2) is 18.5 Å². The highest BCUT2D eigenvalue weighted by molar-refractivity contribution is 5.94. The lowest BCUT2D eigenvalue weighted by Crippen LogP contribution is -2.38. The number of hydrogen-bond acceptors (Lipinski definition) is 3. The van der Waals surface area contributed by atoms with Crippen LogP contribution in [0.1, 0.15) is 44.0 Å². The van der Waals surface area contributed by atoms with Crippen LogP contribution in [0, 0.1) is 11.3 Å². The van der Waals surface area contributed by atoms with Gasteiger partial charge in [0, 0.05) is 19.3 Å². The summed E-state index contributed by atoms with van der Waals surface area (Å²) in [7, 11) is 0. The fraction of sp³-hybridized carbons (Fsp3) is 0.600. The van der Waals surface area contributed by atoms with Crippen LogP contribution in [-0.2, 0) is 0 Å². The van der Waals surface area contributed by atoms with E-state index >= 15 is 0 Å². The van der Waals surface area contributed by atoms with E-state index in [2.05, 4.69) is 30.7 Å². The van der Waals surface area contributed by atoms with E-state index in [4.69, 9.17) is 0 Å². The molecule has 1 aromatic rings. The van der Waals surface area contributed by atoms with Gasteiger partial charge in [-0.1, -0.05) is 20.8 Å². The zero-order chi connectivity index (χ0) is 14.0. The maximum atomic E-state index is 11.2. The van der Waals surface area contributed by atoms with Gasteiger partial charge in [0.05, 0.1) is 17.4 Å². The first kappa shape index (κ1) is 13.8. The number of piperidine rings is 1. The Morgan fingerprint density at radius 1 is 1.37 bits per heavy atom. The van der Waals surface area contributed by atoms with Gasteiger partial charge < -0.3 is 10.0 Å². The summed E-state index contributed by atoms with van der Waals surface area (Å²) in [6.07, 6.45) is 5.42. The second-order valence-corrected chi connectivity index (χ2v) is 6.33. The van der Waals surface area contributed by atoms with Gasteiger partial charge in [0.1, 0.15) is 0 Å². The van der Waals surface area contributed by atoms with Crippen LogP contribution in [0.5, 0.6) is 0 Å². The Hall–Kier alpha value is -1.58. The van der Waals surface area contributed by atoms with Crippen LogP contribution in [0.25, 0.3) is 0 Å². The van der Waals surface area contributed by atoms with E-state index in [0.29, 0.717) is 16.9 Å². The average molecular weight is 262 g/mol. The maximum absolute atomic E-state index is 11.2. The first-order valence-corrected chi connectivity index (χ1v) is 6.82. The quantitative estimate of drug-likeness (QED) is 0.890. The second kappa shape index (κ2) is 5.19. The van der Waals surface area contributed by atoms with Crippen molar-refractivity contribution in [2.75, 3.05) is 18.0 Å². The highest BCUT2D eigenvalue weighted by Crippen LogP contribution is 2.35. The molecule has 0 spiro atoms. The van der Waals surface area contributed by atoms with Crippen molar-refractivity contribution in [3.63, 3.8) is 0 Å². The standard InChI is InChI=1S/C15H22N2O2/c1-15(2,3)11-5-8-17(9-6-11)13-10-16-7-4-12(13)14(18)19/h4,7,10-11H,5-6,8-9H2,1-3H3,(H,18,19). The Morgan fingerprint density at radius 3 is 2.53 bits per heavy atom. The molecule has 19 heavy (non-hydrogen) atoms. The molecule has 1 saturated heterocycles. The van der Waals surface area contributed by atoms with E-state index in [1.165, 1.54) is 6.20 Å². The number of carbonyl (C=O) groups is 1. The number of aromatic carboxylic acids is 1. The molecule has 1 fully saturated rings. The molecule has 4 nitrogen and oxygen atoms in total. The molecular weight excluding hydrogens is 240 g/mol. The number of aromatic nitrogens is 1. The minimum absolute atomic E-state index is 0.330. The smallest absolute Gasteiger partial charge is 0.337 e. The topological polar surface area (TPSA) is 53.4 Å². The molecule has 0 bridgehead atoms. The van der Waals surface area contributed by atoms with Crippen molar-refractivity contribution in [1.82, 2.24) is 4.98 Å². The lowest BCUT2D eigenvalue weighted by Gasteiger charge is -2.39. The normalized spacial score (nSPS) is 17.5. The van der Waals surface area contributed by atoms with Gasteiger partial charge in [-0.05, 0) is 30.2 Å². The van der Waals surface area contributed by atoms with Crippen molar-refractivity contribution in [3.05, 3.63) is 24.0 Å². The summed E-state index contributed by atoms with van der Waals surface area (Å²) in [5.74, 6) is -0.177. The molecule has 104 valence electrons. The molecule has 2 heterocycles. The summed E-state index contributed by atoms with van der Waals surface area (Å²) in [5, 5.41) is 9.22. The van der Waals surface area contributed by atoms with E-state index in [9.17, 15) is 9.90 Å². The number of pyridine rings is 1. The number of carboxylic acids is 1. The third-order valence-corrected chi connectivity index (χ3v) is 4.09. The largest absolute Gasteiger partial charge is 0.478 e. The van der Waals surface area contributed by atoms with Crippen molar-refractivity contribution in [3.8, 4) is 0 Å². The lowest BCUT2D eigenvalue weighted by molar-refractivity contribution is 0.0697. The van der Waals surface area contributed by atoms with Crippen molar-refractivity contribution in [2.24, 2.45) is 11.3 Å². The SMILES string of the molecule is CC(C)(C)C1CCN(c2cnccc2C(=O)O)CC1. The molecule has 1 aliphatic rings. The minimum atomic E-state index is -0.879. The van der Waals surface area contributed by atoms with Gasteiger partial charge in [-0.15, -0.1) is 0 Å². The molecule has 0 saturated carbocycles. The first-order valence-electron chi connectivity index (χ1n) is 6.82. The maximum Gasteiger partial charge on any atom is 0.337 e. The molecular formula is C15H22N2O2. The van der Waals surface area contributed by atoms with Crippen LogP contribution in [0.4, 0.5) is 5.69 Å². The van der Waals surface area contributed by atoms with Crippen LogP contribution in [-0.4, -0.2) is 29.1 Å². The van der Waals surface area contributed by atoms with E-state index in [1.807, 2.05) is 0 Å². The Balaban J connectivity index is 2.12. The fourth-order valence-corrected chi connectivity index (χ4v) is 2.81. The van der Waals surface area contributed by atoms with Gasteiger partial charge in [-0.2, -0.15) is 0 Å². The Kier molecular flexibility index (Phi) is 3.78. The van der Waals surface area contributed by atoms with Crippen molar-refractivity contribution in [1.29, 1.82) is 0 Å². The highest BCUT2D eigenvalue weighted by Gasteiger charge is 2.29. The number of rotatable bonds is 2. The summed E-state index contributed by atoms with van der Waals surface area (Å²) in [6, 6.07) is 1.58. The van der Waals surface area contributed by atoms with Gasteiger partial charge in [0.2, 0.25) is 0 Å². The average Bonchev–Trinajstić information content (AvgIpc) is 2.38. The van der Waals surface area contributed by atoms with Crippen molar-refractivity contribution < 1.29 is 9.90 Å². The van der Waals surface area contributed by atoms with Crippen LogP contribution in [0.2, 0.25) is 0 Å². The Morgan fingerprint density at radius 2 is 2.00 bits per heavy atom. The molecule has 1 N–H and O–H groups in total.